The number of hydrogen-bond acceptors (Lipinski definition) is 4. The molecule has 0 aliphatic carbocycles. The molecule has 0 atom stereocenters. The van der Waals surface area contributed by atoms with Crippen LogP contribution in [-0.2, 0) is 6.42 Å². The van der Waals surface area contributed by atoms with E-state index in [4.69, 9.17) is 10.7 Å². The van der Waals surface area contributed by atoms with Crippen LogP contribution < -0.4 is 5.73 Å². The van der Waals surface area contributed by atoms with Gasteiger partial charge in [0.05, 0.1) is 16.9 Å². The molecule has 2 N–H and O–H groups in total. The van der Waals surface area contributed by atoms with E-state index in [0.29, 0.717) is 12.5 Å². The summed E-state index contributed by atoms with van der Waals surface area (Å²) in [4.78, 5) is 9.36. The number of hydrogen-bond donors (Lipinski definition) is 1. The van der Waals surface area contributed by atoms with Crippen LogP contribution in [0.1, 0.15) is 23.5 Å². The molecule has 0 saturated carbocycles. The molecule has 2 heterocycles. The molecule has 0 radical (unpaired) electrons. The highest BCUT2D eigenvalue weighted by molar-refractivity contribution is 5.81. The molecule has 3 aromatic rings. The Balaban J connectivity index is 2.17. The fraction of sp³-hybridized carbons (Fsp3) is 0.312. The molecule has 0 bridgehead atoms. The number of nitrogens with zero attached hydrogens (tertiary/aromatic N) is 4. The largest absolute Gasteiger partial charge is 0.330 e. The van der Waals surface area contributed by atoms with Crippen LogP contribution in [0.15, 0.2) is 30.3 Å². The van der Waals surface area contributed by atoms with E-state index in [2.05, 4.69) is 16.1 Å². The molecule has 108 valence electrons. The summed E-state index contributed by atoms with van der Waals surface area (Å²) in [5.74, 6) is 0.631. The molecule has 0 amide bonds. The van der Waals surface area contributed by atoms with Crippen LogP contribution in [0.4, 0.5) is 0 Å². The number of fused-ring (bicyclic) bond motifs is 1. The Hall–Kier alpha value is -2.27. The average molecular weight is 281 g/mol. The zero-order chi connectivity index (χ0) is 14.8. The third-order valence-corrected chi connectivity index (χ3v) is 3.49. The molecule has 0 fully saturated rings. The summed E-state index contributed by atoms with van der Waals surface area (Å²) in [6.07, 6.45) is 1.77. The van der Waals surface area contributed by atoms with Gasteiger partial charge < -0.3 is 5.73 Å². The Morgan fingerprint density at radius 1 is 1.14 bits per heavy atom. The smallest absolute Gasteiger partial charge is 0.251 e. The molecule has 5 nitrogen and oxygen atoms in total. The molecule has 0 saturated heterocycles. The predicted molar refractivity (Wildman–Crippen MR) is 83.5 cm³/mol. The van der Waals surface area contributed by atoms with Crippen molar-refractivity contribution >= 4 is 10.9 Å². The number of aryl methyl sites for hydroxylation is 3. The second-order valence-electron chi connectivity index (χ2n) is 5.22. The maximum Gasteiger partial charge on any atom is 0.251 e. The summed E-state index contributed by atoms with van der Waals surface area (Å²) in [5, 5.41) is 5.57. The van der Waals surface area contributed by atoms with Gasteiger partial charge in [0.2, 0.25) is 0 Å². The molecule has 0 unspecified atom stereocenters. The fourth-order valence-electron chi connectivity index (χ4n) is 2.52. The van der Waals surface area contributed by atoms with Gasteiger partial charge in [-0.05, 0) is 45.4 Å². The lowest BCUT2D eigenvalue weighted by Gasteiger charge is -2.09. The number of nitrogens with two attached hydrogens (primary N) is 1. The van der Waals surface area contributed by atoms with Gasteiger partial charge in [-0.25, -0.2) is 14.6 Å². The van der Waals surface area contributed by atoms with Crippen molar-refractivity contribution < 1.29 is 0 Å². The van der Waals surface area contributed by atoms with Crippen LogP contribution in [0.3, 0.4) is 0 Å². The molecular formula is C16H19N5. The zero-order valence-corrected chi connectivity index (χ0v) is 12.4. The number of benzene rings is 1. The Bertz CT molecular complexity index is 775. The third-order valence-electron chi connectivity index (χ3n) is 3.49. The molecule has 21 heavy (non-hydrogen) atoms. The van der Waals surface area contributed by atoms with E-state index in [1.165, 1.54) is 0 Å². The lowest BCUT2D eigenvalue weighted by molar-refractivity contribution is 0.755. The SMILES string of the molecule is Cc1cc(C)n(-c2nc(CCCN)c3ccccc3n2)n1. The highest BCUT2D eigenvalue weighted by atomic mass is 15.4. The lowest BCUT2D eigenvalue weighted by Crippen LogP contribution is -2.09. The van der Waals surface area contributed by atoms with Crippen LogP contribution in [0, 0.1) is 13.8 Å². The van der Waals surface area contributed by atoms with Crippen LogP contribution in [0.5, 0.6) is 0 Å². The fourth-order valence-corrected chi connectivity index (χ4v) is 2.52. The Morgan fingerprint density at radius 2 is 1.95 bits per heavy atom. The normalized spacial score (nSPS) is 11.2. The van der Waals surface area contributed by atoms with E-state index in [1.807, 2.05) is 38.1 Å². The van der Waals surface area contributed by atoms with Gasteiger partial charge in [-0.1, -0.05) is 18.2 Å². The van der Waals surface area contributed by atoms with Crippen LogP contribution in [-0.4, -0.2) is 26.3 Å². The minimum Gasteiger partial charge on any atom is -0.330 e. The summed E-state index contributed by atoms with van der Waals surface area (Å²) in [6, 6.07) is 10.1. The molecule has 0 spiro atoms. The molecule has 1 aromatic carbocycles. The summed E-state index contributed by atoms with van der Waals surface area (Å²) < 4.78 is 1.80. The van der Waals surface area contributed by atoms with Crippen molar-refractivity contribution in [3.63, 3.8) is 0 Å². The van der Waals surface area contributed by atoms with E-state index >= 15 is 0 Å². The van der Waals surface area contributed by atoms with E-state index in [0.717, 1.165) is 40.8 Å². The molecule has 3 rings (SSSR count). The number of rotatable bonds is 4. The van der Waals surface area contributed by atoms with Crippen LogP contribution >= 0.6 is 0 Å². The van der Waals surface area contributed by atoms with E-state index < -0.39 is 0 Å². The molecule has 2 aromatic heterocycles. The second-order valence-corrected chi connectivity index (χ2v) is 5.22. The van der Waals surface area contributed by atoms with Crippen molar-refractivity contribution in [1.82, 2.24) is 19.7 Å². The Labute approximate surface area is 123 Å². The van der Waals surface area contributed by atoms with Gasteiger partial charge in [-0.2, -0.15) is 5.10 Å². The van der Waals surface area contributed by atoms with Crippen molar-refractivity contribution in [1.29, 1.82) is 0 Å². The first-order valence-electron chi connectivity index (χ1n) is 7.18. The van der Waals surface area contributed by atoms with E-state index in [-0.39, 0.29) is 0 Å². The monoisotopic (exact) mass is 281 g/mol. The van der Waals surface area contributed by atoms with Gasteiger partial charge in [-0.15, -0.1) is 0 Å². The van der Waals surface area contributed by atoms with Crippen molar-refractivity contribution in [2.24, 2.45) is 5.73 Å². The minimum atomic E-state index is 0.631. The second kappa shape index (κ2) is 5.61. The molecule has 0 aliphatic heterocycles. The summed E-state index contributed by atoms with van der Waals surface area (Å²) in [6.45, 7) is 4.64. The summed E-state index contributed by atoms with van der Waals surface area (Å²) >= 11 is 0. The highest BCUT2D eigenvalue weighted by Gasteiger charge is 2.11. The zero-order valence-electron chi connectivity index (χ0n) is 12.4. The Kier molecular flexibility index (Phi) is 3.66. The molecule has 0 aliphatic rings. The maximum absolute atomic E-state index is 5.64. The van der Waals surface area contributed by atoms with Crippen molar-refractivity contribution in [3.05, 3.63) is 47.4 Å². The third kappa shape index (κ3) is 2.64. The van der Waals surface area contributed by atoms with Gasteiger partial charge in [0, 0.05) is 11.1 Å². The van der Waals surface area contributed by atoms with Gasteiger partial charge in [-0.3, -0.25) is 0 Å². The quantitative estimate of drug-likeness (QED) is 0.796. The molecule has 5 heteroatoms. The maximum atomic E-state index is 5.64. The van der Waals surface area contributed by atoms with Gasteiger partial charge in [0.25, 0.3) is 5.95 Å². The van der Waals surface area contributed by atoms with Crippen LogP contribution in [0.2, 0.25) is 0 Å². The van der Waals surface area contributed by atoms with Crippen molar-refractivity contribution in [2.45, 2.75) is 26.7 Å². The highest BCUT2D eigenvalue weighted by Crippen LogP contribution is 2.19. The molecular weight excluding hydrogens is 262 g/mol. The van der Waals surface area contributed by atoms with Crippen LogP contribution in [0.25, 0.3) is 16.9 Å². The first-order chi connectivity index (χ1) is 10.2. The summed E-state index contributed by atoms with van der Waals surface area (Å²) in [5.41, 5.74) is 9.62. The average Bonchev–Trinajstić information content (AvgIpc) is 2.83. The lowest BCUT2D eigenvalue weighted by atomic mass is 10.1. The van der Waals surface area contributed by atoms with Crippen molar-refractivity contribution in [3.8, 4) is 5.95 Å². The topological polar surface area (TPSA) is 69.6 Å². The first-order valence-corrected chi connectivity index (χ1v) is 7.18. The van der Waals surface area contributed by atoms with E-state index in [9.17, 15) is 0 Å². The summed E-state index contributed by atoms with van der Waals surface area (Å²) in [7, 11) is 0. The standard InChI is InChI=1S/C16H19N5/c1-11-10-12(2)21(20-11)16-18-14-7-4-3-6-13(14)15(19-16)8-5-9-17/h3-4,6-7,10H,5,8-9,17H2,1-2H3. The Morgan fingerprint density at radius 3 is 2.67 bits per heavy atom. The number of para-hydroxylation sites is 1. The van der Waals surface area contributed by atoms with Crippen molar-refractivity contribution in [2.75, 3.05) is 6.54 Å². The first kappa shape index (κ1) is 13.7. The number of aromatic nitrogens is 4. The predicted octanol–water partition coefficient (Wildman–Crippen LogP) is 2.32. The van der Waals surface area contributed by atoms with Gasteiger partial charge >= 0.3 is 0 Å². The van der Waals surface area contributed by atoms with Gasteiger partial charge in [0.1, 0.15) is 0 Å². The van der Waals surface area contributed by atoms with Gasteiger partial charge in [0.15, 0.2) is 0 Å². The minimum absolute atomic E-state index is 0.631. The van der Waals surface area contributed by atoms with E-state index in [1.54, 1.807) is 4.68 Å².